The van der Waals surface area contributed by atoms with Gasteiger partial charge in [-0.25, -0.2) is 0 Å². The van der Waals surface area contributed by atoms with E-state index in [0.29, 0.717) is 32.1 Å². The predicted molar refractivity (Wildman–Crippen MR) is 109 cm³/mol. The van der Waals surface area contributed by atoms with Crippen LogP contribution in [0.4, 0.5) is 0 Å². The smallest absolute Gasteiger partial charge is 0.303 e. The van der Waals surface area contributed by atoms with Crippen molar-refractivity contribution in [1.29, 1.82) is 0 Å². The Kier molecular flexibility index (Phi) is 9.41. The van der Waals surface area contributed by atoms with E-state index in [1.807, 2.05) is 48.6 Å². The highest BCUT2D eigenvalue weighted by atomic mass is 16.4. The van der Waals surface area contributed by atoms with Gasteiger partial charge in [0.2, 0.25) is 0 Å². The number of carboxylic acid groups (broad SMARTS) is 1. The zero-order valence-corrected chi connectivity index (χ0v) is 16.2. The first-order chi connectivity index (χ1) is 13.5. The highest BCUT2D eigenvalue weighted by Gasteiger charge is 2.39. The first kappa shape index (κ1) is 22.3. The molecular weight excluding hydrogens is 356 g/mol. The zero-order chi connectivity index (χ0) is 20.4. The number of carbonyl (C=O) groups is 1. The Morgan fingerprint density at radius 1 is 1.14 bits per heavy atom. The van der Waals surface area contributed by atoms with Crippen molar-refractivity contribution in [1.82, 2.24) is 0 Å². The third-order valence-electron chi connectivity index (χ3n) is 5.38. The van der Waals surface area contributed by atoms with Crippen molar-refractivity contribution in [2.24, 2.45) is 11.8 Å². The molecule has 5 nitrogen and oxygen atoms in total. The number of hydrogen-bond acceptors (Lipinski definition) is 4. The van der Waals surface area contributed by atoms with Crippen LogP contribution >= 0.6 is 0 Å². The summed E-state index contributed by atoms with van der Waals surface area (Å²) < 4.78 is 0. The molecule has 0 amide bonds. The van der Waals surface area contributed by atoms with E-state index in [9.17, 15) is 20.1 Å². The maximum atomic E-state index is 10.5. The maximum absolute atomic E-state index is 10.5. The van der Waals surface area contributed by atoms with Gasteiger partial charge in [0.25, 0.3) is 0 Å². The van der Waals surface area contributed by atoms with Gasteiger partial charge in [0.1, 0.15) is 0 Å². The molecule has 2 rings (SSSR count). The second-order valence-corrected chi connectivity index (χ2v) is 7.58. The van der Waals surface area contributed by atoms with Gasteiger partial charge in [0, 0.05) is 18.8 Å². The zero-order valence-electron chi connectivity index (χ0n) is 16.2. The summed E-state index contributed by atoms with van der Waals surface area (Å²) in [7, 11) is 0. The summed E-state index contributed by atoms with van der Waals surface area (Å²) in [6, 6.07) is 9.99. The van der Waals surface area contributed by atoms with Crippen LogP contribution in [-0.4, -0.2) is 44.7 Å². The van der Waals surface area contributed by atoms with Crippen molar-refractivity contribution in [2.45, 2.75) is 63.3 Å². The fourth-order valence-corrected chi connectivity index (χ4v) is 3.76. The lowest BCUT2D eigenvalue weighted by Crippen LogP contribution is -2.20. The fraction of sp³-hybridized carbons (Fsp3) is 0.522. The molecule has 28 heavy (non-hydrogen) atoms. The minimum absolute atomic E-state index is 0.0942. The van der Waals surface area contributed by atoms with Gasteiger partial charge in [0.05, 0.1) is 18.3 Å². The summed E-state index contributed by atoms with van der Waals surface area (Å²) in [5.41, 5.74) is 1.18. The molecule has 0 saturated heterocycles. The van der Waals surface area contributed by atoms with Gasteiger partial charge in [-0.15, -0.1) is 0 Å². The van der Waals surface area contributed by atoms with Gasteiger partial charge in [0.15, 0.2) is 0 Å². The molecule has 0 aromatic heterocycles. The molecule has 1 aliphatic carbocycles. The van der Waals surface area contributed by atoms with Gasteiger partial charge in [-0.2, -0.15) is 0 Å². The number of rotatable bonds is 11. The van der Waals surface area contributed by atoms with Gasteiger partial charge < -0.3 is 20.4 Å². The molecule has 1 aliphatic rings. The van der Waals surface area contributed by atoms with Crippen molar-refractivity contribution >= 4 is 5.97 Å². The van der Waals surface area contributed by atoms with E-state index in [1.54, 1.807) is 6.08 Å². The van der Waals surface area contributed by atoms with E-state index < -0.39 is 24.3 Å². The van der Waals surface area contributed by atoms with Crippen molar-refractivity contribution < 1.29 is 25.2 Å². The topological polar surface area (TPSA) is 98.0 Å². The fourth-order valence-electron chi connectivity index (χ4n) is 3.76. The Morgan fingerprint density at radius 3 is 2.61 bits per heavy atom. The molecule has 0 aliphatic heterocycles. The largest absolute Gasteiger partial charge is 0.481 e. The molecule has 4 N–H and O–H groups in total. The van der Waals surface area contributed by atoms with Crippen molar-refractivity contribution in [2.75, 3.05) is 0 Å². The van der Waals surface area contributed by atoms with Crippen LogP contribution in [0.5, 0.6) is 0 Å². The molecule has 0 heterocycles. The molecule has 1 fully saturated rings. The molecule has 5 heteroatoms. The summed E-state index contributed by atoms with van der Waals surface area (Å²) >= 11 is 0. The second kappa shape index (κ2) is 11.8. The molecule has 154 valence electrons. The molecular formula is C23H32O5. The molecule has 0 bridgehead atoms. The first-order valence-electron chi connectivity index (χ1n) is 10.1. The van der Waals surface area contributed by atoms with Crippen LogP contribution in [0.1, 0.15) is 44.1 Å². The standard InChI is InChI=1S/C23H32O5/c24-18(13-12-17-8-4-3-5-9-17)14-15-20-19(21(25)16-22(20)26)10-6-1-2-7-11-23(27)28/h1,3-6,8-9,14-15,18-22,24-26H,2,7,10-13,16H2,(H,27,28)/b6-1-,15-14+/t18-,19?,20+,21-,22+/m0/s1. The van der Waals surface area contributed by atoms with E-state index in [0.717, 1.165) is 6.42 Å². The lowest BCUT2D eigenvalue weighted by atomic mass is 9.89. The number of unbranched alkanes of at least 4 members (excludes halogenated alkanes) is 1. The number of aliphatic hydroxyl groups is 3. The van der Waals surface area contributed by atoms with Crippen molar-refractivity contribution in [3.63, 3.8) is 0 Å². The van der Waals surface area contributed by atoms with Crippen molar-refractivity contribution in [3.05, 3.63) is 60.2 Å². The Labute approximate surface area is 167 Å². The number of benzene rings is 1. The third kappa shape index (κ3) is 7.58. The van der Waals surface area contributed by atoms with Gasteiger partial charge >= 0.3 is 5.97 Å². The first-order valence-corrected chi connectivity index (χ1v) is 10.1. The van der Waals surface area contributed by atoms with Crippen LogP contribution in [-0.2, 0) is 11.2 Å². The Balaban J connectivity index is 1.82. The summed E-state index contributed by atoms with van der Waals surface area (Å²) in [5, 5.41) is 39.4. The number of aliphatic carboxylic acids is 1. The minimum Gasteiger partial charge on any atom is -0.481 e. The van der Waals surface area contributed by atoms with E-state index >= 15 is 0 Å². The number of carboxylic acids is 1. The monoisotopic (exact) mass is 388 g/mol. The van der Waals surface area contributed by atoms with E-state index in [2.05, 4.69) is 0 Å². The van der Waals surface area contributed by atoms with Crippen LogP contribution in [0, 0.1) is 11.8 Å². The lowest BCUT2D eigenvalue weighted by molar-refractivity contribution is -0.137. The molecule has 1 unspecified atom stereocenters. The molecule has 1 aromatic carbocycles. The molecule has 5 atom stereocenters. The Morgan fingerprint density at radius 2 is 1.89 bits per heavy atom. The summed E-state index contributed by atoms with van der Waals surface area (Å²) in [4.78, 5) is 10.5. The molecule has 1 saturated carbocycles. The van der Waals surface area contributed by atoms with E-state index in [1.165, 1.54) is 5.56 Å². The molecule has 0 radical (unpaired) electrons. The minimum atomic E-state index is -0.793. The Hall–Kier alpha value is -1.95. The van der Waals surface area contributed by atoms with Gasteiger partial charge in [-0.05, 0) is 43.6 Å². The number of hydrogen-bond donors (Lipinski definition) is 4. The SMILES string of the molecule is O=C(O)CCC/C=C\CC1[C@@H](/C=C/[C@@H](O)CCc2ccccc2)[C@H](O)C[C@@H]1O. The average Bonchev–Trinajstić information content (AvgIpc) is 2.94. The third-order valence-corrected chi connectivity index (χ3v) is 5.38. The normalized spacial score (nSPS) is 26.2. The van der Waals surface area contributed by atoms with Crippen LogP contribution in [0.25, 0.3) is 0 Å². The van der Waals surface area contributed by atoms with Crippen LogP contribution in [0.2, 0.25) is 0 Å². The highest BCUT2D eigenvalue weighted by molar-refractivity contribution is 5.66. The van der Waals surface area contributed by atoms with Gasteiger partial charge in [-0.1, -0.05) is 54.6 Å². The summed E-state index contributed by atoms with van der Waals surface area (Å²) in [6.07, 6.45) is 9.51. The highest BCUT2D eigenvalue weighted by Crippen LogP contribution is 2.36. The van der Waals surface area contributed by atoms with Crippen LogP contribution in [0.3, 0.4) is 0 Å². The number of aliphatic hydroxyl groups excluding tert-OH is 3. The second-order valence-electron chi connectivity index (χ2n) is 7.58. The van der Waals surface area contributed by atoms with E-state index in [4.69, 9.17) is 5.11 Å². The van der Waals surface area contributed by atoms with Crippen LogP contribution < -0.4 is 0 Å². The molecule has 1 aromatic rings. The number of allylic oxidation sites excluding steroid dienone is 2. The van der Waals surface area contributed by atoms with E-state index in [-0.39, 0.29) is 18.3 Å². The lowest BCUT2D eigenvalue weighted by Gasteiger charge is -2.19. The predicted octanol–water partition coefficient (Wildman–Crippen LogP) is 3.10. The quantitative estimate of drug-likeness (QED) is 0.345. The Bertz CT molecular complexity index is 640. The average molecular weight is 389 g/mol. The maximum Gasteiger partial charge on any atom is 0.303 e. The number of aryl methyl sites for hydroxylation is 1. The van der Waals surface area contributed by atoms with Crippen LogP contribution in [0.15, 0.2) is 54.6 Å². The van der Waals surface area contributed by atoms with Gasteiger partial charge in [-0.3, -0.25) is 4.79 Å². The van der Waals surface area contributed by atoms with Crippen molar-refractivity contribution in [3.8, 4) is 0 Å². The summed E-state index contributed by atoms with van der Waals surface area (Å²) in [6.45, 7) is 0. The summed E-state index contributed by atoms with van der Waals surface area (Å²) in [5.74, 6) is -1.08. The molecule has 0 spiro atoms.